The van der Waals surface area contributed by atoms with Crippen molar-refractivity contribution in [3.05, 3.63) is 64.7 Å². The van der Waals surface area contributed by atoms with Gasteiger partial charge in [0.2, 0.25) is 0 Å². The van der Waals surface area contributed by atoms with Gasteiger partial charge in [0.05, 0.1) is 18.8 Å². The van der Waals surface area contributed by atoms with E-state index in [-0.39, 0.29) is 11.7 Å². The summed E-state index contributed by atoms with van der Waals surface area (Å²) in [4.78, 5) is 26.2. The van der Waals surface area contributed by atoms with E-state index in [0.717, 1.165) is 29.7 Å². The minimum Gasteiger partial charge on any atom is -0.493 e. The number of aryl methyl sites for hydroxylation is 1. The van der Waals surface area contributed by atoms with Crippen molar-refractivity contribution < 1.29 is 19.1 Å². The molecule has 0 saturated heterocycles. The molecule has 30 heavy (non-hydrogen) atoms. The zero-order valence-corrected chi connectivity index (χ0v) is 18.5. The Balaban J connectivity index is 2.31. The Bertz CT molecular complexity index is 898. The Labute approximate surface area is 179 Å². The second-order valence-corrected chi connectivity index (χ2v) is 7.29. The van der Waals surface area contributed by atoms with Gasteiger partial charge < -0.3 is 14.4 Å². The van der Waals surface area contributed by atoms with Gasteiger partial charge in [-0.1, -0.05) is 32.0 Å². The van der Waals surface area contributed by atoms with Crippen LogP contribution < -0.4 is 9.47 Å². The Hall–Kier alpha value is -3.08. The van der Waals surface area contributed by atoms with Crippen LogP contribution in [0.1, 0.15) is 58.5 Å². The van der Waals surface area contributed by atoms with Crippen molar-refractivity contribution in [2.45, 2.75) is 33.6 Å². The lowest BCUT2D eigenvalue weighted by atomic mass is 10.0. The molecule has 0 aliphatic carbocycles. The first-order valence-corrected chi connectivity index (χ1v) is 10.3. The van der Waals surface area contributed by atoms with Gasteiger partial charge in [-0.3, -0.25) is 9.59 Å². The zero-order chi connectivity index (χ0) is 22.1. The van der Waals surface area contributed by atoms with E-state index in [1.165, 1.54) is 11.0 Å². The highest BCUT2D eigenvalue weighted by Crippen LogP contribution is 2.34. The van der Waals surface area contributed by atoms with Gasteiger partial charge in [-0.15, -0.1) is 0 Å². The third-order valence-corrected chi connectivity index (χ3v) is 4.49. The summed E-state index contributed by atoms with van der Waals surface area (Å²) in [5.74, 6) is 1.19. The summed E-state index contributed by atoms with van der Waals surface area (Å²) in [6.07, 6.45) is 5.05. The molecule has 1 amide bonds. The van der Waals surface area contributed by atoms with E-state index in [2.05, 4.69) is 6.92 Å². The smallest absolute Gasteiger partial charge is 0.253 e. The molecule has 0 aliphatic rings. The highest BCUT2D eigenvalue weighted by molar-refractivity contribution is 6.07. The molecular weight excluding hydrogens is 378 g/mol. The second kappa shape index (κ2) is 11.2. The lowest BCUT2D eigenvalue weighted by Crippen LogP contribution is -2.21. The average Bonchev–Trinajstić information content (AvgIpc) is 2.75. The maximum atomic E-state index is 12.7. The molecule has 0 atom stereocenters. The summed E-state index contributed by atoms with van der Waals surface area (Å²) >= 11 is 0. The molecule has 2 aromatic carbocycles. The van der Waals surface area contributed by atoms with Gasteiger partial charge in [0.25, 0.3) is 5.91 Å². The van der Waals surface area contributed by atoms with Crippen molar-refractivity contribution in [2.75, 3.05) is 27.3 Å². The Morgan fingerprint density at radius 3 is 2.10 bits per heavy atom. The fraction of sp³-hybridized carbons (Fsp3) is 0.360. The van der Waals surface area contributed by atoms with Crippen molar-refractivity contribution in [1.82, 2.24) is 4.90 Å². The molecule has 0 saturated carbocycles. The molecule has 0 fully saturated rings. The standard InChI is InChI=1S/C25H31NO4/c1-6-16-29-23-15-8-18(3)24(30-17-7-2)21(23)13-14-22(27)19-9-11-20(12-10-19)25(28)26(4)5/h8-15H,6-7,16-17H2,1-5H3/b14-13+. The number of benzene rings is 2. The maximum Gasteiger partial charge on any atom is 0.253 e. The Morgan fingerprint density at radius 1 is 0.900 bits per heavy atom. The van der Waals surface area contributed by atoms with Gasteiger partial charge >= 0.3 is 0 Å². The predicted molar refractivity (Wildman–Crippen MR) is 121 cm³/mol. The van der Waals surface area contributed by atoms with Gasteiger partial charge in [0.1, 0.15) is 11.5 Å². The number of carbonyl (C=O) groups is 2. The SMILES string of the molecule is CCCOc1ccc(C)c(OCCC)c1/C=C/C(=O)c1ccc(C(=O)N(C)C)cc1. The number of ketones is 1. The number of nitrogens with zero attached hydrogens (tertiary/aromatic N) is 1. The summed E-state index contributed by atoms with van der Waals surface area (Å²) < 4.78 is 11.8. The average molecular weight is 410 g/mol. The van der Waals surface area contributed by atoms with Crippen molar-refractivity contribution in [3.8, 4) is 11.5 Å². The van der Waals surface area contributed by atoms with Crippen molar-refractivity contribution >= 4 is 17.8 Å². The van der Waals surface area contributed by atoms with Crippen LogP contribution in [0.25, 0.3) is 6.08 Å². The van der Waals surface area contributed by atoms with Crippen LogP contribution in [0.3, 0.4) is 0 Å². The molecule has 5 nitrogen and oxygen atoms in total. The van der Waals surface area contributed by atoms with E-state index >= 15 is 0 Å². The van der Waals surface area contributed by atoms with Gasteiger partial charge in [-0.05, 0) is 55.7 Å². The molecule has 0 heterocycles. The number of amides is 1. The van der Waals surface area contributed by atoms with E-state index in [1.54, 1.807) is 44.4 Å². The van der Waals surface area contributed by atoms with E-state index in [1.807, 2.05) is 26.0 Å². The number of carbonyl (C=O) groups excluding carboxylic acids is 2. The molecule has 0 N–H and O–H groups in total. The lowest BCUT2D eigenvalue weighted by Gasteiger charge is -2.16. The topological polar surface area (TPSA) is 55.8 Å². The van der Waals surface area contributed by atoms with Crippen LogP contribution in [-0.2, 0) is 0 Å². The minimum absolute atomic E-state index is 0.0975. The quantitative estimate of drug-likeness (QED) is 0.401. The molecule has 0 aliphatic heterocycles. The van der Waals surface area contributed by atoms with Crippen LogP contribution in [0.5, 0.6) is 11.5 Å². The summed E-state index contributed by atoms with van der Waals surface area (Å²) in [6.45, 7) is 7.26. The molecule has 160 valence electrons. The van der Waals surface area contributed by atoms with E-state index in [9.17, 15) is 9.59 Å². The molecule has 0 bridgehead atoms. The molecule has 2 rings (SSSR count). The molecule has 0 spiro atoms. The van der Waals surface area contributed by atoms with Crippen LogP contribution in [0, 0.1) is 6.92 Å². The molecule has 0 unspecified atom stereocenters. The third-order valence-electron chi connectivity index (χ3n) is 4.49. The summed E-state index contributed by atoms with van der Waals surface area (Å²) in [5.41, 5.74) is 2.82. The summed E-state index contributed by atoms with van der Waals surface area (Å²) in [5, 5.41) is 0. The fourth-order valence-electron chi connectivity index (χ4n) is 2.87. The first-order chi connectivity index (χ1) is 14.4. The minimum atomic E-state index is -0.150. The first kappa shape index (κ1) is 23.2. The predicted octanol–water partition coefficient (Wildman–Crippen LogP) is 5.17. The normalized spacial score (nSPS) is 10.8. The van der Waals surface area contributed by atoms with Gasteiger partial charge in [0, 0.05) is 25.2 Å². The van der Waals surface area contributed by atoms with Crippen LogP contribution >= 0.6 is 0 Å². The Kier molecular flexibility index (Phi) is 8.66. The molecular formula is C25H31NO4. The Morgan fingerprint density at radius 2 is 1.50 bits per heavy atom. The highest BCUT2D eigenvalue weighted by Gasteiger charge is 2.13. The number of hydrogen-bond acceptors (Lipinski definition) is 4. The van der Waals surface area contributed by atoms with Crippen LogP contribution in [0.2, 0.25) is 0 Å². The fourth-order valence-corrected chi connectivity index (χ4v) is 2.87. The molecule has 2 aromatic rings. The zero-order valence-electron chi connectivity index (χ0n) is 18.5. The number of allylic oxidation sites excluding steroid dienone is 1. The van der Waals surface area contributed by atoms with Crippen molar-refractivity contribution in [1.29, 1.82) is 0 Å². The molecule has 5 heteroatoms. The number of hydrogen-bond donors (Lipinski definition) is 0. The number of ether oxygens (including phenoxy) is 2. The van der Waals surface area contributed by atoms with E-state index in [0.29, 0.717) is 30.1 Å². The lowest BCUT2D eigenvalue weighted by molar-refractivity contribution is 0.0827. The molecule has 0 radical (unpaired) electrons. The maximum absolute atomic E-state index is 12.7. The van der Waals surface area contributed by atoms with Gasteiger partial charge in [-0.2, -0.15) is 0 Å². The molecule has 0 aromatic heterocycles. The van der Waals surface area contributed by atoms with Crippen molar-refractivity contribution in [3.63, 3.8) is 0 Å². The third kappa shape index (κ3) is 5.96. The van der Waals surface area contributed by atoms with Crippen molar-refractivity contribution in [2.24, 2.45) is 0 Å². The van der Waals surface area contributed by atoms with Gasteiger partial charge in [-0.25, -0.2) is 0 Å². The summed E-state index contributed by atoms with van der Waals surface area (Å²) in [6, 6.07) is 10.6. The van der Waals surface area contributed by atoms with Crippen LogP contribution in [-0.4, -0.2) is 43.9 Å². The van der Waals surface area contributed by atoms with E-state index < -0.39 is 0 Å². The van der Waals surface area contributed by atoms with Crippen LogP contribution in [0.15, 0.2) is 42.5 Å². The largest absolute Gasteiger partial charge is 0.493 e. The van der Waals surface area contributed by atoms with Gasteiger partial charge in [0.15, 0.2) is 5.78 Å². The number of rotatable bonds is 10. The highest BCUT2D eigenvalue weighted by atomic mass is 16.5. The van der Waals surface area contributed by atoms with E-state index in [4.69, 9.17) is 9.47 Å². The monoisotopic (exact) mass is 409 g/mol. The first-order valence-electron chi connectivity index (χ1n) is 10.3. The summed E-state index contributed by atoms with van der Waals surface area (Å²) in [7, 11) is 3.39. The second-order valence-electron chi connectivity index (χ2n) is 7.29. The van der Waals surface area contributed by atoms with Crippen LogP contribution in [0.4, 0.5) is 0 Å².